The summed E-state index contributed by atoms with van der Waals surface area (Å²) in [6, 6.07) is 7.61. The Hall–Kier alpha value is -2.08. The Morgan fingerprint density at radius 3 is 2.91 bits per heavy atom. The normalized spacial score (nSPS) is 11.2. The van der Waals surface area contributed by atoms with Crippen molar-refractivity contribution in [2.75, 3.05) is 0 Å². The molecule has 0 fully saturated rings. The van der Waals surface area contributed by atoms with Gasteiger partial charge in [-0.3, -0.25) is 0 Å². The largest absolute Gasteiger partial charge is 0.423 e. The van der Waals surface area contributed by atoms with Gasteiger partial charge >= 0.3 is 5.63 Å². The van der Waals surface area contributed by atoms with E-state index in [4.69, 9.17) is 4.42 Å². The summed E-state index contributed by atoms with van der Waals surface area (Å²) in [5, 5.41) is 9.86. The van der Waals surface area contributed by atoms with Gasteiger partial charge in [0.2, 0.25) is 0 Å². The van der Waals surface area contributed by atoms with Crippen molar-refractivity contribution >= 4 is 22.7 Å². The van der Waals surface area contributed by atoms with Crippen molar-refractivity contribution < 1.29 is 4.42 Å². The van der Waals surface area contributed by atoms with E-state index in [0.717, 1.165) is 34.6 Å². The third-order valence-corrected chi connectivity index (χ3v) is 4.61. The highest BCUT2D eigenvalue weighted by Crippen LogP contribution is 2.26. The van der Waals surface area contributed by atoms with Crippen LogP contribution in [0.4, 0.5) is 0 Å². The van der Waals surface area contributed by atoms with Crippen LogP contribution in [0.5, 0.6) is 0 Å². The van der Waals surface area contributed by atoms with Crippen LogP contribution in [-0.2, 0) is 18.7 Å². The van der Waals surface area contributed by atoms with Crippen molar-refractivity contribution in [3.8, 4) is 0 Å². The summed E-state index contributed by atoms with van der Waals surface area (Å²) in [6.45, 7) is 4.95. The van der Waals surface area contributed by atoms with Gasteiger partial charge in [0, 0.05) is 23.8 Å². The molecule has 1 aromatic carbocycles. The van der Waals surface area contributed by atoms with Gasteiger partial charge in [0.15, 0.2) is 5.16 Å². The number of aromatic nitrogens is 3. The Morgan fingerprint density at radius 2 is 2.14 bits per heavy atom. The molecular formula is C16H17N3O2S. The van der Waals surface area contributed by atoms with E-state index < -0.39 is 0 Å². The molecule has 2 heterocycles. The fraction of sp³-hybridized carbons (Fsp3) is 0.312. The van der Waals surface area contributed by atoms with Crippen LogP contribution in [-0.4, -0.2) is 14.8 Å². The second-order valence-electron chi connectivity index (χ2n) is 4.96. The minimum atomic E-state index is -0.312. The highest BCUT2D eigenvalue weighted by molar-refractivity contribution is 7.98. The number of thioether (sulfide) groups is 1. The molecule has 0 amide bonds. The molecule has 0 saturated heterocycles. The summed E-state index contributed by atoms with van der Waals surface area (Å²) >= 11 is 1.57. The third-order valence-electron chi connectivity index (χ3n) is 3.58. The molecule has 3 aromatic rings. The first-order chi connectivity index (χ1) is 10.7. The Balaban J connectivity index is 1.94. The molecule has 0 radical (unpaired) electrons. The predicted octanol–water partition coefficient (Wildman–Crippen LogP) is 3.26. The lowest BCUT2D eigenvalue weighted by atomic mass is 10.1. The van der Waals surface area contributed by atoms with E-state index in [-0.39, 0.29) is 5.63 Å². The van der Waals surface area contributed by atoms with Crippen LogP contribution in [0.1, 0.15) is 25.0 Å². The molecule has 0 bridgehead atoms. The van der Waals surface area contributed by atoms with Crippen LogP contribution < -0.4 is 5.63 Å². The van der Waals surface area contributed by atoms with Gasteiger partial charge in [-0.1, -0.05) is 30.8 Å². The van der Waals surface area contributed by atoms with Crippen molar-refractivity contribution in [1.29, 1.82) is 0 Å². The van der Waals surface area contributed by atoms with Gasteiger partial charge in [-0.2, -0.15) is 0 Å². The van der Waals surface area contributed by atoms with Crippen LogP contribution in [0, 0.1) is 0 Å². The van der Waals surface area contributed by atoms with Crippen LogP contribution in [0.3, 0.4) is 0 Å². The van der Waals surface area contributed by atoms with Crippen LogP contribution >= 0.6 is 11.8 Å². The lowest BCUT2D eigenvalue weighted by Gasteiger charge is -2.07. The molecule has 0 aliphatic rings. The van der Waals surface area contributed by atoms with E-state index in [1.165, 1.54) is 0 Å². The maximum atomic E-state index is 11.8. The minimum absolute atomic E-state index is 0.312. The number of rotatable bonds is 5. The first-order valence-corrected chi connectivity index (χ1v) is 8.26. The van der Waals surface area contributed by atoms with Crippen molar-refractivity contribution in [2.45, 2.75) is 37.7 Å². The van der Waals surface area contributed by atoms with Crippen molar-refractivity contribution in [3.05, 3.63) is 52.1 Å². The second kappa shape index (κ2) is 6.36. The molecule has 0 atom stereocenters. The summed E-state index contributed by atoms with van der Waals surface area (Å²) in [5.74, 6) is 0.659. The number of nitrogens with zero attached hydrogens (tertiary/aromatic N) is 3. The SMILES string of the molecule is CCc1ccc2c(CSc3nncn3CC)cc(=O)oc2c1. The Kier molecular flexibility index (Phi) is 4.29. The van der Waals surface area contributed by atoms with E-state index in [1.807, 2.05) is 23.6 Å². The highest BCUT2D eigenvalue weighted by Gasteiger charge is 2.09. The zero-order valence-corrected chi connectivity index (χ0v) is 13.4. The van der Waals surface area contributed by atoms with Crippen LogP contribution in [0.25, 0.3) is 11.0 Å². The molecule has 0 aliphatic carbocycles. The molecule has 0 spiro atoms. The Bertz CT molecular complexity index is 854. The zero-order chi connectivity index (χ0) is 15.5. The smallest absolute Gasteiger partial charge is 0.336 e. The maximum absolute atomic E-state index is 11.8. The Labute approximate surface area is 132 Å². The van der Waals surface area contributed by atoms with Gasteiger partial charge in [-0.15, -0.1) is 10.2 Å². The quantitative estimate of drug-likeness (QED) is 0.534. The zero-order valence-electron chi connectivity index (χ0n) is 12.6. The Morgan fingerprint density at radius 1 is 1.27 bits per heavy atom. The molecular weight excluding hydrogens is 298 g/mol. The van der Waals surface area contributed by atoms with E-state index in [9.17, 15) is 4.79 Å². The molecule has 6 heteroatoms. The molecule has 0 saturated carbocycles. The summed E-state index contributed by atoms with van der Waals surface area (Å²) in [4.78, 5) is 11.8. The molecule has 5 nitrogen and oxygen atoms in total. The molecule has 3 rings (SSSR count). The van der Waals surface area contributed by atoms with Gasteiger partial charge in [-0.05, 0) is 30.5 Å². The number of fused-ring (bicyclic) bond motifs is 1. The second-order valence-corrected chi connectivity index (χ2v) is 5.91. The van der Waals surface area contributed by atoms with Crippen LogP contribution in [0.2, 0.25) is 0 Å². The van der Waals surface area contributed by atoms with Gasteiger partial charge in [0.05, 0.1) is 0 Å². The van der Waals surface area contributed by atoms with Crippen LogP contribution in [0.15, 0.2) is 45.0 Å². The lowest BCUT2D eigenvalue weighted by molar-refractivity contribution is 0.559. The molecule has 0 aliphatic heterocycles. The summed E-state index contributed by atoms with van der Waals surface area (Å²) in [5.41, 5.74) is 2.46. The van der Waals surface area contributed by atoms with Gasteiger partial charge < -0.3 is 8.98 Å². The number of benzene rings is 1. The lowest BCUT2D eigenvalue weighted by Crippen LogP contribution is -2.01. The highest BCUT2D eigenvalue weighted by atomic mass is 32.2. The molecule has 114 valence electrons. The fourth-order valence-corrected chi connectivity index (χ4v) is 3.30. The van der Waals surface area contributed by atoms with Crippen molar-refractivity contribution in [3.63, 3.8) is 0 Å². The first kappa shape index (κ1) is 14.8. The number of aryl methyl sites for hydroxylation is 2. The molecule has 22 heavy (non-hydrogen) atoms. The average molecular weight is 315 g/mol. The third kappa shape index (κ3) is 2.92. The molecule has 0 unspecified atom stereocenters. The fourth-order valence-electron chi connectivity index (χ4n) is 2.33. The van der Waals surface area contributed by atoms with Crippen molar-refractivity contribution in [1.82, 2.24) is 14.8 Å². The van der Waals surface area contributed by atoms with Gasteiger partial charge in [0.25, 0.3) is 0 Å². The predicted molar refractivity (Wildman–Crippen MR) is 87.1 cm³/mol. The van der Waals surface area contributed by atoms with Gasteiger partial charge in [0.1, 0.15) is 11.9 Å². The van der Waals surface area contributed by atoms with Crippen molar-refractivity contribution in [2.24, 2.45) is 0 Å². The average Bonchev–Trinajstić information content (AvgIpc) is 2.99. The monoisotopic (exact) mass is 315 g/mol. The standard InChI is InChI=1S/C16H17N3O2S/c1-3-11-5-6-13-12(8-15(20)21-14(13)7-11)9-22-16-18-17-10-19(16)4-2/h5-8,10H,3-4,9H2,1-2H3. The number of hydrogen-bond donors (Lipinski definition) is 0. The van der Waals surface area contributed by atoms with Gasteiger partial charge in [-0.25, -0.2) is 4.79 Å². The number of hydrogen-bond acceptors (Lipinski definition) is 5. The van der Waals surface area contributed by atoms with E-state index in [0.29, 0.717) is 11.3 Å². The van der Waals surface area contributed by atoms with E-state index in [1.54, 1.807) is 24.2 Å². The summed E-state index contributed by atoms with van der Waals surface area (Å²) in [7, 11) is 0. The summed E-state index contributed by atoms with van der Waals surface area (Å²) < 4.78 is 7.31. The topological polar surface area (TPSA) is 60.9 Å². The minimum Gasteiger partial charge on any atom is -0.423 e. The summed E-state index contributed by atoms with van der Waals surface area (Å²) in [6.07, 6.45) is 2.63. The van der Waals surface area contributed by atoms with E-state index >= 15 is 0 Å². The molecule has 2 aromatic heterocycles. The maximum Gasteiger partial charge on any atom is 0.336 e. The van der Waals surface area contributed by atoms with E-state index in [2.05, 4.69) is 23.2 Å². The first-order valence-electron chi connectivity index (χ1n) is 7.27. The molecule has 0 N–H and O–H groups in total.